The first-order valence-electron chi connectivity index (χ1n) is 5.98. The van der Waals surface area contributed by atoms with E-state index in [1.807, 2.05) is 0 Å². The lowest BCUT2D eigenvalue weighted by Crippen LogP contribution is -2.08. The van der Waals surface area contributed by atoms with Crippen molar-refractivity contribution in [2.24, 2.45) is 5.92 Å². The fourth-order valence-corrected chi connectivity index (χ4v) is 2.38. The van der Waals surface area contributed by atoms with Gasteiger partial charge in [-0.3, -0.25) is 0 Å². The fourth-order valence-electron chi connectivity index (χ4n) is 2.23. The van der Waals surface area contributed by atoms with E-state index in [1.54, 1.807) is 0 Å². The summed E-state index contributed by atoms with van der Waals surface area (Å²) in [5, 5.41) is 0. The average Bonchev–Trinajstić information content (AvgIpc) is 2.26. The molecule has 0 saturated carbocycles. The van der Waals surface area contributed by atoms with Gasteiger partial charge in [0.05, 0.1) is 0 Å². The molecule has 2 atom stereocenters. The smallest absolute Gasteiger partial charge is 0.00401 e. The molecule has 1 aromatic rings. The third-order valence-electron chi connectivity index (χ3n) is 3.31. The van der Waals surface area contributed by atoms with Gasteiger partial charge in [-0.05, 0) is 29.5 Å². The van der Waals surface area contributed by atoms with Crippen LogP contribution in [0.25, 0.3) is 0 Å². The molecular weight excluding hydrogens is 200 g/mol. The van der Waals surface area contributed by atoms with Gasteiger partial charge in [-0.25, -0.2) is 0 Å². The van der Waals surface area contributed by atoms with E-state index in [-0.39, 0.29) is 0 Å². The van der Waals surface area contributed by atoms with Crippen LogP contribution < -0.4 is 0 Å². The molecule has 15 heavy (non-hydrogen) atoms. The van der Waals surface area contributed by atoms with Crippen molar-refractivity contribution in [1.29, 1.82) is 0 Å². The standard InChI is InChI=1S/C14H22S/c1-4-6-12(5-2)11(3)13-7-9-14(15)10-8-13/h7-12,15H,4-6H2,1-3H3. The van der Waals surface area contributed by atoms with Crippen molar-refractivity contribution in [3.63, 3.8) is 0 Å². The van der Waals surface area contributed by atoms with Crippen molar-refractivity contribution in [2.45, 2.75) is 50.8 Å². The molecule has 0 fully saturated rings. The molecule has 0 N–H and O–H groups in total. The van der Waals surface area contributed by atoms with Gasteiger partial charge < -0.3 is 0 Å². The predicted octanol–water partition coefficient (Wildman–Crippen LogP) is 4.91. The number of thiol groups is 1. The lowest BCUT2D eigenvalue weighted by Gasteiger charge is -2.22. The van der Waals surface area contributed by atoms with E-state index in [0.717, 1.165) is 10.8 Å². The number of rotatable bonds is 5. The van der Waals surface area contributed by atoms with Crippen molar-refractivity contribution in [3.05, 3.63) is 29.8 Å². The Labute approximate surface area is 99.5 Å². The molecule has 1 rings (SSSR count). The summed E-state index contributed by atoms with van der Waals surface area (Å²) >= 11 is 4.32. The summed E-state index contributed by atoms with van der Waals surface area (Å²) in [6, 6.07) is 8.61. The average molecular weight is 222 g/mol. The molecule has 0 saturated heterocycles. The third kappa shape index (κ3) is 3.57. The maximum Gasteiger partial charge on any atom is 0.00401 e. The number of benzene rings is 1. The molecule has 84 valence electrons. The molecule has 0 bridgehead atoms. The Kier molecular flexibility index (Phi) is 5.24. The van der Waals surface area contributed by atoms with Crippen LogP contribution in [-0.4, -0.2) is 0 Å². The van der Waals surface area contributed by atoms with E-state index < -0.39 is 0 Å². The molecule has 0 aliphatic rings. The first kappa shape index (κ1) is 12.6. The highest BCUT2D eigenvalue weighted by Gasteiger charge is 2.15. The van der Waals surface area contributed by atoms with Crippen molar-refractivity contribution in [3.8, 4) is 0 Å². The van der Waals surface area contributed by atoms with Gasteiger partial charge in [0.15, 0.2) is 0 Å². The van der Waals surface area contributed by atoms with Gasteiger partial charge in [0, 0.05) is 4.90 Å². The maximum atomic E-state index is 4.32. The van der Waals surface area contributed by atoms with Crippen LogP contribution in [0.3, 0.4) is 0 Å². The lowest BCUT2D eigenvalue weighted by molar-refractivity contribution is 0.398. The van der Waals surface area contributed by atoms with E-state index in [9.17, 15) is 0 Å². The largest absolute Gasteiger partial charge is 0.143 e. The highest BCUT2D eigenvalue weighted by atomic mass is 32.1. The molecule has 2 unspecified atom stereocenters. The van der Waals surface area contributed by atoms with Gasteiger partial charge >= 0.3 is 0 Å². The second-order valence-corrected chi connectivity index (χ2v) is 4.85. The van der Waals surface area contributed by atoms with Crippen LogP contribution in [0.4, 0.5) is 0 Å². The van der Waals surface area contributed by atoms with Crippen LogP contribution in [0.5, 0.6) is 0 Å². The first-order valence-corrected chi connectivity index (χ1v) is 6.42. The quantitative estimate of drug-likeness (QED) is 0.673. The van der Waals surface area contributed by atoms with Crippen LogP contribution in [0, 0.1) is 5.92 Å². The summed E-state index contributed by atoms with van der Waals surface area (Å²) in [4.78, 5) is 1.05. The Bertz CT molecular complexity index is 276. The molecule has 0 aromatic heterocycles. The van der Waals surface area contributed by atoms with Gasteiger partial charge in [0.2, 0.25) is 0 Å². The van der Waals surface area contributed by atoms with Crippen LogP contribution in [0.15, 0.2) is 29.2 Å². The van der Waals surface area contributed by atoms with E-state index in [0.29, 0.717) is 5.92 Å². The van der Waals surface area contributed by atoms with Crippen LogP contribution in [0.1, 0.15) is 51.5 Å². The number of hydrogen-bond donors (Lipinski definition) is 1. The Balaban J connectivity index is 2.73. The molecule has 0 aliphatic carbocycles. The molecule has 0 radical (unpaired) electrons. The van der Waals surface area contributed by atoms with E-state index >= 15 is 0 Å². The summed E-state index contributed by atoms with van der Waals surface area (Å²) in [7, 11) is 0. The van der Waals surface area contributed by atoms with Crippen LogP contribution in [-0.2, 0) is 0 Å². The Hall–Kier alpha value is -0.430. The van der Waals surface area contributed by atoms with Gasteiger partial charge in [-0.15, -0.1) is 12.6 Å². The summed E-state index contributed by atoms with van der Waals surface area (Å²) < 4.78 is 0. The van der Waals surface area contributed by atoms with E-state index in [1.165, 1.54) is 24.8 Å². The molecular formula is C14H22S. The minimum Gasteiger partial charge on any atom is -0.143 e. The zero-order chi connectivity index (χ0) is 11.3. The maximum absolute atomic E-state index is 4.32. The highest BCUT2D eigenvalue weighted by Crippen LogP contribution is 2.30. The summed E-state index contributed by atoms with van der Waals surface area (Å²) in [6.07, 6.45) is 3.89. The predicted molar refractivity (Wildman–Crippen MR) is 70.8 cm³/mol. The first-order chi connectivity index (χ1) is 7.19. The normalized spacial score (nSPS) is 14.9. The minimum atomic E-state index is 0.670. The van der Waals surface area contributed by atoms with Crippen molar-refractivity contribution in [2.75, 3.05) is 0 Å². The summed E-state index contributed by atoms with van der Waals surface area (Å²) in [5.41, 5.74) is 1.45. The van der Waals surface area contributed by atoms with Crippen molar-refractivity contribution in [1.82, 2.24) is 0 Å². The zero-order valence-electron chi connectivity index (χ0n) is 10.0. The monoisotopic (exact) mass is 222 g/mol. The van der Waals surface area contributed by atoms with E-state index in [4.69, 9.17) is 0 Å². The molecule has 0 amide bonds. The molecule has 1 heteroatoms. The van der Waals surface area contributed by atoms with Crippen LogP contribution >= 0.6 is 12.6 Å². The second-order valence-electron chi connectivity index (χ2n) is 4.34. The molecule has 0 aliphatic heterocycles. The SMILES string of the molecule is CCCC(CC)C(C)c1ccc(S)cc1. The van der Waals surface area contributed by atoms with Gasteiger partial charge in [0.1, 0.15) is 0 Å². The Morgan fingerprint density at radius 2 is 1.73 bits per heavy atom. The van der Waals surface area contributed by atoms with Gasteiger partial charge in [-0.2, -0.15) is 0 Å². The van der Waals surface area contributed by atoms with Gasteiger partial charge in [0.25, 0.3) is 0 Å². The summed E-state index contributed by atoms with van der Waals surface area (Å²) in [6.45, 7) is 6.91. The zero-order valence-corrected chi connectivity index (χ0v) is 10.9. The van der Waals surface area contributed by atoms with Crippen LogP contribution in [0.2, 0.25) is 0 Å². The molecule has 0 heterocycles. The second kappa shape index (κ2) is 6.22. The third-order valence-corrected chi connectivity index (χ3v) is 3.61. The number of hydrogen-bond acceptors (Lipinski definition) is 1. The van der Waals surface area contributed by atoms with Gasteiger partial charge in [-0.1, -0.05) is 52.2 Å². The Morgan fingerprint density at radius 1 is 1.13 bits per heavy atom. The lowest BCUT2D eigenvalue weighted by atomic mass is 9.83. The Morgan fingerprint density at radius 3 is 2.20 bits per heavy atom. The molecule has 0 nitrogen and oxygen atoms in total. The fraction of sp³-hybridized carbons (Fsp3) is 0.571. The molecule has 0 spiro atoms. The highest BCUT2D eigenvalue weighted by molar-refractivity contribution is 7.80. The van der Waals surface area contributed by atoms with Crippen molar-refractivity contribution < 1.29 is 0 Å². The minimum absolute atomic E-state index is 0.670. The van der Waals surface area contributed by atoms with Crippen molar-refractivity contribution >= 4 is 12.6 Å². The molecule has 1 aromatic carbocycles. The summed E-state index contributed by atoms with van der Waals surface area (Å²) in [5.74, 6) is 1.49. The van der Waals surface area contributed by atoms with E-state index in [2.05, 4.69) is 57.7 Å². The topological polar surface area (TPSA) is 0 Å².